The Morgan fingerprint density at radius 3 is 3.07 bits per heavy atom. The predicted molar refractivity (Wildman–Crippen MR) is 59.2 cm³/mol. The van der Waals surface area contributed by atoms with Gasteiger partial charge in [-0.25, -0.2) is 0 Å². The minimum absolute atomic E-state index is 1.01. The van der Waals surface area contributed by atoms with Gasteiger partial charge >= 0.3 is 0 Å². The molecule has 0 bridgehead atoms. The number of aromatic nitrogens is 2. The molecule has 0 aliphatic heterocycles. The van der Waals surface area contributed by atoms with Crippen LogP contribution in [0, 0.1) is 0 Å². The highest BCUT2D eigenvalue weighted by Crippen LogP contribution is 1.94. The van der Waals surface area contributed by atoms with Crippen LogP contribution in [0.2, 0.25) is 0 Å². The van der Waals surface area contributed by atoms with Gasteiger partial charge in [0.25, 0.3) is 0 Å². The fourth-order valence-electron chi connectivity index (χ4n) is 1.31. The lowest BCUT2D eigenvalue weighted by Crippen LogP contribution is -2.18. The van der Waals surface area contributed by atoms with Crippen molar-refractivity contribution in [2.24, 2.45) is 7.05 Å². The zero-order valence-corrected chi connectivity index (χ0v) is 8.87. The molecule has 1 aromatic heterocycles. The topological polar surface area (TPSA) is 29.9 Å². The molecular formula is C11H19N3. The molecule has 0 aliphatic carbocycles. The molecule has 3 heteroatoms. The molecule has 0 saturated heterocycles. The summed E-state index contributed by atoms with van der Waals surface area (Å²) < 4.78 is 1.84. The summed E-state index contributed by atoms with van der Waals surface area (Å²) in [5.74, 6) is 0. The first-order valence-electron chi connectivity index (χ1n) is 5.13. The molecule has 0 fully saturated rings. The lowest BCUT2D eigenvalue weighted by molar-refractivity contribution is 0.641. The highest BCUT2D eigenvalue weighted by atomic mass is 15.2. The van der Waals surface area contributed by atoms with Crippen LogP contribution in [0.3, 0.4) is 0 Å². The molecule has 1 N–H and O–H groups in total. The summed E-state index contributed by atoms with van der Waals surface area (Å²) in [4.78, 5) is 0. The quantitative estimate of drug-likeness (QED) is 0.525. The van der Waals surface area contributed by atoms with E-state index < -0.39 is 0 Å². The van der Waals surface area contributed by atoms with Crippen molar-refractivity contribution in [2.75, 3.05) is 13.1 Å². The molecule has 14 heavy (non-hydrogen) atoms. The number of unbranched alkanes of at least 4 members (excludes halogenated alkanes) is 1. The van der Waals surface area contributed by atoms with E-state index in [1.165, 1.54) is 6.42 Å². The van der Waals surface area contributed by atoms with Gasteiger partial charge in [0.1, 0.15) is 0 Å². The van der Waals surface area contributed by atoms with Crippen LogP contribution in [0.15, 0.2) is 24.9 Å². The molecule has 0 spiro atoms. The van der Waals surface area contributed by atoms with Crippen LogP contribution in [0.1, 0.15) is 18.5 Å². The monoisotopic (exact) mass is 193 g/mol. The summed E-state index contributed by atoms with van der Waals surface area (Å²) in [6.07, 6.45) is 7.21. The molecule has 0 amide bonds. The Morgan fingerprint density at radius 2 is 2.43 bits per heavy atom. The van der Waals surface area contributed by atoms with E-state index in [-0.39, 0.29) is 0 Å². The second kappa shape index (κ2) is 6.38. The molecule has 1 heterocycles. The molecule has 0 atom stereocenters. The van der Waals surface area contributed by atoms with E-state index in [4.69, 9.17) is 0 Å². The van der Waals surface area contributed by atoms with E-state index in [1.807, 2.05) is 24.0 Å². The molecule has 1 rings (SSSR count). The Labute approximate surface area is 85.8 Å². The van der Waals surface area contributed by atoms with Crippen molar-refractivity contribution in [2.45, 2.75) is 19.3 Å². The maximum absolute atomic E-state index is 4.31. The molecular weight excluding hydrogens is 174 g/mol. The third kappa shape index (κ3) is 4.23. The van der Waals surface area contributed by atoms with Crippen LogP contribution in [-0.2, 0) is 13.5 Å². The Bertz CT molecular complexity index is 265. The average molecular weight is 193 g/mol. The zero-order valence-electron chi connectivity index (χ0n) is 8.87. The summed E-state index contributed by atoms with van der Waals surface area (Å²) >= 11 is 0. The Balaban J connectivity index is 2.01. The van der Waals surface area contributed by atoms with Gasteiger partial charge in [-0.1, -0.05) is 6.08 Å². The zero-order chi connectivity index (χ0) is 10.2. The maximum atomic E-state index is 4.31. The fourth-order valence-corrected chi connectivity index (χ4v) is 1.31. The van der Waals surface area contributed by atoms with E-state index >= 15 is 0 Å². The minimum atomic E-state index is 1.01. The van der Waals surface area contributed by atoms with Gasteiger partial charge in [0.2, 0.25) is 0 Å². The first-order chi connectivity index (χ1) is 6.83. The van der Waals surface area contributed by atoms with Crippen LogP contribution in [-0.4, -0.2) is 22.9 Å². The summed E-state index contributed by atoms with van der Waals surface area (Å²) in [6, 6.07) is 2.06. The van der Waals surface area contributed by atoms with Gasteiger partial charge in [0.05, 0.1) is 5.69 Å². The largest absolute Gasteiger partial charge is 0.316 e. The lowest BCUT2D eigenvalue weighted by Gasteiger charge is -2.01. The van der Waals surface area contributed by atoms with Crippen molar-refractivity contribution in [3.8, 4) is 0 Å². The Morgan fingerprint density at radius 1 is 1.57 bits per heavy atom. The van der Waals surface area contributed by atoms with Crippen LogP contribution in [0.25, 0.3) is 0 Å². The van der Waals surface area contributed by atoms with E-state index in [2.05, 4.69) is 23.1 Å². The second-order valence-electron chi connectivity index (χ2n) is 3.41. The number of rotatable bonds is 7. The standard InChI is InChI=1S/C11H19N3/c1-3-4-5-8-12-9-6-11-7-10-14(2)13-11/h3,7,10,12H,1,4-6,8-9H2,2H3. The van der Waals surface area contributed by atoms with Gasteiger partial charge in [-0.2, -0.15) is 5.10 Å². The summed E-state index contributed by atoms with van der Waals surface area (Å²) in [5.41, 5.74) is 1.16. The average Bonchev–Trinajstić information content (AvgIpc) is 2.58. The van der Waals surface area contributed by atoms with E-state index in [9.17, 15) is 0 Å². The maximum Gasteiger partial charge on any atom is 0.0637 e. The van der Waals surface area contributed by atoms with Crippen molar-refractivity contribution >= 4 is 0 Å². The van der Waals surface area contributed by atoms with Gasteiger partial charge in [-0.15, -0.1) is 6.58 Å². The summed E-state index contributed by atoms with van der Waals surface area (Å²) in [7, 11) is 1.95. The van der Waals surface area contributed by atoms with Crippen LogP contribution < -0.4 is 5.32 Å². The Kier molecular flexibility index (Phi) is 5.00. The SMILES string of the molecule is C=CCCCNCCc1ccn(C)n1. The second-order valence-corrected chi connectivity index (χ2v) is 3.41. The van der Waals surface area contributed by atoms with E-state index in [0.717, 1.165) is 31.6 Å². The van der Waals surface area contributed by atoms with Crippen molar-refractivity contribution in [3.05, 3.63) is 30.6 Å². The summed E-state index contributed by atoms with van der Waals surface area (Å²) in [6.45, 7) is 5.76. The van der Waals surface area contributed by atoms with Gasteiger partial charge in [0, 0.05) is 26.2 Å². The third-order valence-corrected chi connectivity index (χ3v) is 2.09. The number of nitrogens with zero attached hydrogens (tertiary/aromatic N) is 2. The number of nitrogens with one attached hydrogen (secondary N) is 1. The van der Waals surface area contributed by atoms with Gasteiger partial charge in [0.15, 0.2) is 0 Å². The minimum Gasteiger partial charge on any atom is -0.316 e. The highest BCUT2D eigenvalue weighted by molar-refractivity contribution is 4.98. The normalized spacial score (nSPS) is 10.4. The Hall–Kier alpha value is -1.09. The summed E-state index contributed by atoms with van der Waals surface area (Å²) in [5, 5.41) is 7.69. The molecule has 0 aliphatic rings. The van der Waals surface area contributed by atoms with E-state index in [1.54, 1.807) is 0 Å². The molecule has 0 unspecified atom stereocenters. The third-order valence-electron chi connectivity index (χ3n) is 2.09. The van der Waals surface area contributed by atoms with Crippen LogP contribution in [0.4, 0.5) is 0 Å². The first-order valence-corrected chi connectivity index (χ1v) is 5.13. The number of aryl methyl sites for hydroxylation is 1. The molecule has 0 aromatic carbocycles. The number of allylic oxidation sites excluding steroid dienone is 1. The van der Waals surface area contributed by atoms with Crippen molar-refractivity contribution in [1.82, 2.24) is 15.1 Å². The smallest absolute Gasteiger partial charge is 0.0637 e. The highest BCUT2D eigenvalue weighted by Gasteiger charge is 1.95. The fraction of sp³-hybridized carbons (Fsp3) is 0.545. The van der Waals surface area contributed by atoms with Gasteiger partial charge < -0.3 is 5.32 Å². The van der Waals surface area contributed by atoms with Crippen molar-refractivity contribution < 1.29 is 0 Å². The van der Waals surface area contributed by atoms with Crippen LogP contribution >= 0.6 is 0 Å². The van der Waals surface area contributed by atoms with Crippen molar-refractivity contribution in [3.63, 3.8) is 0 Å². The number of hydrogen-bond donors (Lipinski definition) is 1. The van der Waals surface area contributed by atoms with Gasteiger partial charge in [-0.05, 0) is 25.5 Å². The lowest BCUT2D eigenvalue weighted by atomic mass is 10.3. The van der Waals surface area contributed by atoms with E-state index in [0.29, 0.717) is 0 Å². The first kappa shape index (κ1) is 11.0. The molecule has 78 valence electrons. The number of hydrogen-bond acceptors (Lipinski definition) is 2. The van der Waals surface area contributed by atoms with Crippen molar-refractivity contribution in [1.29, 1.82) is 0 Å². The predicted octanol–water partition coefficient (Wildman–Crippen LogP) is 1.52. The molecule has 3 nitrogen and oxygen atoms in total. The van der Waals surface area contributed by atoms with Crippen LogP contribution in [0.5, 0.6) is 0 Å². The molecule has 1 aromatic rings. The van der Waals surface area contributed by atoms with Gasteiger partial charge in [-0.3, -0.25) is 4.68 Å². The molecule has 0 saturated carbocycles. The molecule has 0 radical (unpaired) electrons.